The Hall–Kier alpha value is -1.91. The number of likely N-dealkylation sites (tertiary alicyclic amines) is 1. The fourth-order valence-electron chi connectivity index (χ4n) is 3.66. The van der Waals surface area contributed by atoms with Crippen molar-refractivity contribution in [1.29, 1.82) is 0 Å². The van der Waals surface area contributed by atoms with Gasteiger partial charge in [0.2, 0.25) is 11.8 Å². The number of hydrogen-bond donors (Lipinski definition) is 1. The van der Waals surface area contributed by atoms with Crippen LogP contribution in [-0.2, 0) is 16.1 Å². The minimum atomic E-state index is -0.101. The number of aromatic amines is 1. The maximum atomic E-state index is 12.4. The van der Waals surface area contributed by atoms with Crippen LogP contribution in [0.1, 0.15) is 12.1 Å². The lowest BCUT2D eigenvalue weighted by Gasteiger charge is -2.15. The molecular formula is C13H13N3O2. The molecule has 5 heteroatoms. The van der Waals surface area contributed by atoms with Gasteiger partial charge in [-0.2, -0.15) is 5.10 Å². The van der Waals surface area contributed by atoms with Crippen LogP contribution in [0, 0.1) is 23.7 Å². The van der Waals surface area contributed by atoms with Gasteiger partial charge < -0.3 is 0 Å². The van der Waals surface area contributed by atoms with Crippen LogP contribution in [0.3, 0.4) is 0 Å². The molecule has 92 valence electrons. The van der Waals surface area contributed by atoms with Crippen LogP contribution in [0.5, 0.6) is 0 Å². The lowest BCUT2D eigenvalue weighted by molar-refractivity contribution is -0.141. The van der Waals surface area contributed by atoms with Gasteiger partial charge in [0, 0.05) is 6.20 Å². The Kier molecular flexibility index (Phi) is 1.85. The van der Waals surface area contributed by atoms with Crippen molar-refractivity contribution < 1.29 is 9.59 Å². The highest BCUT2D eigenvalue weighted by Gasteiger charge is 2.59. The number of carbonyl (C=O) groups excluding carboxylic acids is 2. The van der Waals surface area contributed by atoms with Crippen molar-refractivity contribution in [2.24, 2.45) is 23.7 Å². The molecular weight excluding hydrogens is 230 g/mol. The van der Waals surface area contributed by atoms with E-state index in [1.807, 2.05) is 0 Å². The van der Waals surface area contributed by atoms with Crippen LogP contribution in [0.25, 0.3) is 0 Å². The zero-order valence-electron chi connectivity index (χ0n) is 9.74. The van der Waals surface area contributed by atoms with E-state index >= 15 is 0 Å². The summed E-state index contributed by atoms with van der Waals surface area (Å²) in [5, 5.41) is 6.64. The van der Waals surface area contributed by atoms with Gasteiger partial charge in [-0.1, -0.05) is 12.2 Å². The summed E-state index contributed by atoms with van der Waals surface area (Å²) in [5.74, 6) is 0.352. The number of H-pyrrole nitrogens is 1. The average molecular weight is 243 g/mol. The summed E-state index contributed by atoms with van der Waals surface area (Å²) in [5.41, 5.74) is 0.803. The van der Waals surface area contributed by atoms with Crippen LogP contribution in [-0.4, -0.2) is 26.9 Å². The summed E-state index contributed by atoms with van der Waals surface area (Å²) >= 11 is 0. The first-order valence-corrected chi connectivity index (χ1v) is 6.27. The van der Waals surface area contributed by atoms with Gasteiger partial charge in [0.25, 0.3) is 0 Å². The topological polar surface area (TPSA) is 66.1 Å². The second-order valence-electron chi connectivity index (χ2n) is 5.34. The Morgan fingerprint density at radius 3 is 2.44 bits per heavy atom. The number of aromatic nitrogens is 2. The normalized spacial score (nSPS) is 36.8. The molecule has 5 nitrogen and oxygen atoms in total. The Morgan fingerprint density at radius 1 is 1.22 bits per heavy atom. The molecule has 1 saturated carbocycles. The number of amides is 2. The molecule has 3 aliphatic rings. The number of allylic oxidation sites excluding steroid dienone is 2. The number of hydrogen-bond acceptors (Lipinski definition) is 3. The molecule has 4 unspecified atom stereocenters. The van der Waals surface area contributed by atoms with Crippen molar-refractivity contribution in [3.8, 4) is 0 Å². The largest absolute Gasteiger partial charge is 0.281 e. The van der Waals surface area contributed by atoms with E-state index in [4.69, 9.17) is 0 Å². The average Bonchev–Trinajstić information content (AvgIpc) is 3.10. The second-order valence-corrected chi connectivity index (χ2v) is 5.34. The summed E-state index contributed by atoms with van der Waals surface area (Å²) in [6.07, 6.45) is 6.82. The van der Waals surface area contributed by atoms with Gasteiger partial charge in [0.15, 0.2) is 0 Å². The van der Waals surface area contributed by atoms with Gasteiger partial charge in [-0.25, -0.2) is 0 Å². The van der Waals surface area contributed by atoms with Crippen LogP contribution in [0.4, 0.5) is 0 Å². The predicted molar refractivity (Wildman–Crippen MR) is 61.9 cm³/mol. The first-order valence-electron chi connectivity index (χ1n) is 6.27. The summed E-state index contributed by atoms with van der Waals surface area (Å²) in [4.78, 5) is 26.1. The Bertz CT molecular complexity index is 519. The molecule has 18 heavy (non-hydrogen) atoms. The molecule has 2 aliphatic carbocycles. The van der Waals surface area contributed by atoms with E-state index in [2.05, 4.69) is 22.3 Å². The number of fused-ring (bicyclic) bond motifs is 5. The molecule has 1 aromatic heterocycles. The molecule has 0 radical (unpaired) electrons. The van der Waals surface area contributed by atoms with Crippen molar-refractivity contribution in [3.05, 3.63) is 30.1 Å². The van der Waals surface area contributed by atoms with Crippen LogP contribution >= 0.6 is 0 Å². The molecule has 2 amide bonds. The van der Waals surface area contributed by atoms with Gasteiger partial charge >= 0.3 is 0 Å². The number of nitrogens with zero attached hydrogens (tertiary/aromatic N) is 2. The minimum absolute atomic E-state index is 0.00329. The van der Waals surface area contributed by atoms with Crippen molar-refractivity contribution in [3.63, 3.8) is 0 Å². The van der Waals surface area contributed by atoms with E-state index in [0.717, 1.165) is 12.1 Å². The summed E-state index contributed by atoms with van der Waals surface area (Å²) in [6.45, 7) is 0.324. The fraction of sp³-hybridized carbons (Fsp3) is 0.462. The Balaban J connectivity index is 1.64. The number of nitrogens with one attached hydrogen (secondary N) is 1. The van der Waals surface area contributed by atoms with E-state index in [9.17, 15) is 9.59 Å². The fourth-order valence-corrected chi connectivity index (χ4v) is 3.66. The van der Waals surface area contributed by atoms with Crippen molar-refractivity contribution in [2.45, 2.75) is 13.0 Å². The maximum absolute atomic E-state index is 12.4. The van der Waals surface area contributed by atoms with Gasteiger partial charge in [0.05, 0.1) is 24.1 Å². The van der Waals surface area contributed by atoms with Gasteiger partial charge in [0.1, 0.15) is 0 Å². The molecule has 2 heterocycles. The zero-order chi connectivity index (χ0) is 12.3. The molecule has 1 saturated heterocycles. The third-order valence-electron chi connectivity index (χ3n) is 4.45. The third kappa shape index (κ3) is 1.14. The van der Waals surface area contributed by atoms with E-state index < -0.39 is 0 Å². The lowest BCUT2D eigenvalue weighted by atomic mass is 9.85. The van der Waals surface area contributed by atoms with Gasteiger partial charge in [-0.15, -0.1) is 0 Å². The van der Waals surface area contributed by atoms with Crippen molar-refractivity contribution in [2.75, 3.05) is 0 Å². The van der Waals surface area contributed by atoms with Crippen LogP contribution in [0.15, 0.2) is 24.4 Å². The van der Waals surface area contributed by atoms with E-state index in [1.54, 1.807) is 12.3 Å². The van der Waals surface area contributed by atoms with E-state index in [0.29, 0.717) is 6.54 Å². The highest BCUT2D eigenvalue weighted by Crippen LogP contribution is 2.52. The molecule has 1 N–H and O–H groups in total. The smallest absolute Gasteiger partial charge is 0.234 e. The molecule has 1 aliphatic heterocycles. The van der Waals surface area contributed by atoms with Gasteiger partial charge in [-0.05, 0) is 24.3 Å². The molecule has 2 fully saturated rings. The highest BCUT2D eigenvalue weighted by atomic mass is 16.2. The summed E-state index contributed by atoms with van der Waals surface area (Å²) in [7, 11) is 0. The molecule has 2 bridgehead atoms. The first kappa shape index (κ1) is 10.1. The molecule has 4 rings (SSSR count). The van der Waals surface area contributed by atoms with Gasteiger partial charge in [-0.3, -0.25) is 19.6 Å². The Labute approximate surface area is 104 Å². The number of imide groups is 1. The number of rotatable bonds is 2. The molecule has 0 aromatic carbocycles. The van der Waals surface area contributed by atoms with Crippen molar-refractivity contribution >= 4 is 11.8 Å². The number of carbonyl (C=O) groups is 2. The third-order valence-corrected chi connectivity index (χ3v) is 4.45. The zero-order valence-corrected chi connectivity index (χ0v) is 9.74. The minimum Gasteiger partial charge on any atom is -0.281 e. The highest BCUT2D eigenvalue weighted by molar-refractivity contribution is 6.06. The second kappa shape index (κ2) is 3.31. The maximum Gasteiger partial charge on any atom is 0.234 e. The summed E-state index contributed by atoms with van der Waals surface area (Å²) < 4.78 is 0. The predicted octanol–water partition coefficient (Wildman–Crippen LogP) is 0.717. The van der Waals surface area contributed by atoms with Crippen molar-refractivity contribution in [1.82, 2.24) is 15.1 Å². The monoisotopic (exact) mass is 243 g/mol. The Morgan fingerprint density at radius 2 is 1.89 bits per heavy atom. The summed E-state index contributed by atoms with van der Waals surface area (Å²) in [6, 6.07) is 1.79. The SMILES string of the molecule is O=C1C2C3C=CC(C3)C2C(=O)N1Cc1ccn[nH]1. The first-order chi connectivity index (χ1) is 8.75. The molecule has 0 spiro atoms. The molecule has 4 atom stereocenters. The standard InChI is InChI=1S/C13H13N3O2/c17-12-10-7-1-2-8(5-7)11(10)13(18)16(12)6-9-3-4-14-15-9/h1-4,7-8,10-11H,5-6H2,(H,14,15). The molecule has 1 aromatic rings. The van der Waals surface area contributed by atoms with Crippen LogP contribution in [0.2, 0.25) is 0 Å². The van der Waals surface area contributed by atoms with Crippen LogP contribution < -0.4 is 0 Å². The van der Waals surface area contributed by atoms with E-state index in [-0.39, 0.29) is 35.5 Å². The quantitative estimate of drug-likeness (QED) is 0.614. The lowest BCUT2D eigenvalue weighted by Crippen LogP contribution is -2.32. The van der Waals surface area contributed by atoms with E-state index in [1.165, 1.54) is 4.90 Å².